The predicted octanol–water partition coefficient (Wildman–Crippen LogP) is 1.11. The number of amides is 1. The van der Waals surface area contributed by atoms with Crippen molar-refractivity contribution in [1.29, 1.82) is 0 Å². The van der Waals surface area contributed by atoms with Gasteiger partial charge in [0.25, 0.3) is 5.91 Å². The zero-order valence-electron chi connectivity index (χ0n) is 11.8. The Kier molecular flexibility index (Phi) is 3.48. The molecule has 0 bridgehead atoms. The normalized spacial score (nSPS) is 10.4. The Hall–Kier alpha value is -3.29. The second-order valence-electron chi connectivity index (χ2n) is 4.56. The highest BCUT2D eigenvalue weighted by molar-refractivity contribution is 6.05. The van der Waals surface area contributed by atoms with E-state index < -0.39 is 5.91 Å². The molecule has 8 nitrogen and oxygen atoms in total. The molecule has 1 amide bonds. The lowest BCUT2D eigenvalue weighted by Gasteiger charge is -2.06. The fraction of sp³-hybridized carbons (Fsp3) is 0.0714. The van der Waals surface area contributed by atoms with E-state index in [4.69, 9.17) is 5.73 Å². The fourth-order valence-corrected chi connectivity index (χ4v) is 1.89. The predicted molar refractivity (Wildman–Crippen MR) is 80.8 cm³/mol. The van der Waals surface area contributed by atoms with E-state index in [0.717, 1.165) is 5.56 Å². The van der Waals surface area contributed by atoms with Gasteiger partial charge in [0.2, 0.25) is 0 Å². The van der Waals surface area contributed by atoms with Gasteiger partial charge in [0, 0.05) is 30.7 Å². The van der Waals surface area contributed by atoms with Gasteiger partial charge in [-0.2, -0.15) is 5.10 Å². The number of hydrogen-bond acceptors (Lipinski definition) is 6. The summed E-state index contributed by atoms with van der Waals surface area (Å²) in [5.74, 6) is 0.308. The Morgan fingerprint density at radius 3 is 2.50 bits per heavy atom. The smallest absolute Gasteiger partial charge is 0.278 e. The molecule has 2 aromatic heterocycles. The molecule has 3 aromatic rings. The second kappa shape index (κ2) is 5.60. The average molecular weight is 295 g/mol. The number of nitrogens with one attached hydrogen (secondary N) is 1. The Labute approximate surface area is 126 Å². The molecule has 0 radical (unpaired) electrons. The van der Waals surface area contributed by atoms with E-state index in [1.807, 2.05) is 12.1 Å². The first kappa shape index (κ1) is 13.7. The molecule has 110 valence electrons. The number of anilines is 2. The van der Waals surface area contributed by atoms with E-state index in [9.17, 15) is 4.79 Å². The Morgan fingerprint density at radius 2 is 1.86 bits per heavy atom. The zero-order valence-corrected chi connectivity index (χ0v) is 11.8. The third-order valence-corrected chi connectivity index (χ3v) is 2.94. The average Bonchev–Trinajstić information content (AvgIpc) is 2.95. The minimum absolute atomic E-state index is 0.0919. The SMILES string of the molecule is Cn1cnc(-c2ccc(NC(=O)c3nccnc3N)cc2)n1. The van der Waals surface area contributed by atoms with E-state index in [0.29, 0.717) is 11.5 Å². The van der Waals surface area contributed by atoms with Crippen LogP contribution in [0.5, 0.6) is 0 Å². The maximum atomic E-state index is 12.1. The molecule has 0 spiro atoms. The van der Waals surface area contributed by atoms with Gasteiger partial charge < -0.3 is 11.1 Å². The molecule has 0 fully saturated rings. The molecule has 3 rings (SSSR count). The number of nitrogen functional groups attached to an aromatic ring is 1. The van der Waals surface area contributed by atoms with Gasteiger partial charge in [-0.3, -0.25) is 9.48 Å². The van der Waals surface area contributed by atoms with Crippen molar-refractivity contribution >= 4 is 17.4 Å². The van der Waals surface area contributed by atoms with Gasteiger partial charge in [0.1, 0.15) is 6.33 Å². The van der Waals surface area contributed by atoms with Gasteiger partial charge in [0.05, 0.1) is 0 Å². The molecule has 3 N–H and O–H groups in total. The molecule has 0 aliphatic rings. The number of carbonyl (C=O) groups is 1. The summed E-state index contributed by atoms with van der Waals surface area (Å²) in [5.41, 5.74) is 7.20. The molecule has 0 saturated carbocycles. The summed E-state index contributed by atoms with van der Waals surface area (Å²) in [7, 11) is 1.80. The Bertz CT molecular complexity index is 810. The van der Waals surface area contributed by atoms with Crippen LogP contribution in [0.25, 0.3) is 11.4 Å². The van der Waals surface area contributed by atoms with Crippen LogP contribution in [0.4, 0.5) is 11.5 Å². The third-order valence-electron chi connectivity index (χ3n) is 2.94. The van der Waals surface area contributed by atoms with Crippen LogP contribution in [0.3, 0.4) is 0 Å². The van der Waals surface area contributed by atoms with E-state index in [1.165, 1.54) is 12.4 Å². The van der Waals surface area contributed by atoms with E-state index in [2.05, 4.69) is 25.4 Å². The molecule has 8 heteroatoms. The molecule has 0 aliphatic heterocycles. The van der Waals surface area contributed by atoms with Crippen LogP contribution in [0.2, 0.25) is 0 Å². The minimum Gasteiger partial charge on any atom is -0.382 e. The highest BCUT2D eigenvalue weighted by Gasteiger charge is 2.12. The molecule has 0 atom stereocenters. The standard InChI is InChI=1S/C14H13N7O/c1-21-8-18-13(20-21)9-2-4-10(5-3-9)19-14(22)11-12(15)17-7-6-16-11/h2-8H,1H3,(H2,15,17)(H,19,22). The van der Waals surface area contributed by atoms with Crippen LogP contribution in [-0.2, 0) is 7.05 Å². The first-order chi connectivity index (χ1) is 10.6. The summed E-state index contributed by atoms with van der Waals surface area (Å²) in [5, 5.41) is 6.93. The summed E-state index contributed by atoms with van der Waals surface area (Å²) >= 11 is 0. The monoisotopic (exact) mass is 295 g/mol. The molecular formula is C14H13N7O. The highest BCUT2D eigenvalue weighted by atomic mass is 16.1. The fourth-order valence-electron chi connectivity index (χ4n) is 1.89. The maximum absolute atomic E-state index is 12.1. The van der Waals surface area contributed by atoms with Crippen molar-refractivity contribution in [2.75, 3.05) is 11.1 Å². The van der Waals surface area contributed by atoms with Crippen molar-refractivity contribution in [2.45, 2.75) is 0 Å². The molecular weight excluding hydrogens is 282 g/mol. The van der Waals surface area contributed by atoms with Crippen LogP contribution in [-0.4, -0.2) is 30.6 Å². The molecule has 0 unspecified atom stereocenters. The quantitative estimate of drug-likeness (QED) is 0.748. The van der Waals surface area contributed by atoms with Gasteiger partial charge in [-0.15, -0.1) is 0 Å². The van der Waals surface area contributed by atoms with Gasteiger partial charge >= 0.3 is 0 Å². The van der Waals surface area contributed by atoms with Crippen molar-refractivity contribution in [3.8, 4) is 11.4 Å². The van der Waals surface area contributed by atoms with Crippen molar-refractivity contribution < 1.29 is 4.79 Å². The molecule has 22 heavy (non-hydrogen) atoms. The molecule has 1 aromatic carbocycles. The molecule has 0 saturated heterocycles. The first-order valence-corrected chi connectivity index (χ1v) is 6.47. The van der Waals surface area contributed by atoms with E-state index >= 15 is 0 Å². The number of nitrogens with two attached hydrogens (primary N) is 1. The summed E-state index contributed by atoms with van der Waals surface area (Å²) in [6.45, 7) is 0. The van der Waals surface area contributed by atoms with E-state index in [-0.39, 0.29) is 11.5 Å². The Morgan fingerprint density at radius 1 is 1.14 bits per heavy atom. The van der Waals surface area contributed by atoms with Crippen molar-refractivity contribution in [2.24, 2.45) is 7.05 Å². The van der Waals surface area contributed by atoms with Crippen LogP contribution in [0.15, 0.2) is 43.0 Å². The summed E-state index contributed by atoms with van der Waals surface area (Å²) in [6, 6.07) is 7.17. The third kappa shape index (κ3) is 2.75. The highest BCUT2D eigenvalue weighted by Crippen LogP contribution is 2.18. The summed E-state index contributed by atoms with van der Waals surface area (Å²) in [4.78, 5) is 24.0. The minimum atomic E-state index is -0.408. The number of rotatable bonds is 3. The van der Waals surface area contributed by atoms with Crippen LogP contribution < -0.4 is 11.1 Å². The van der Waals surface area contributed by atoms with Crippen LogP contribution >= 0.6 is 0 Å². The van der Waals surface area contributed by atoms with Crippen LogP contribution in [0.1, 0.15) is 10.5 Å². The summed E-state index contributed by atoms with van der Waals surface area (Å²) < 4.78 is 1.63. The first-order valence-electron chi connectivity index (χ1n) is 6.47. The number of hydrogen-bond donors (Lipinski definition) is 2. The number of carbonyl (C=O) groups excluding carboxylic acids is 1. The molecule has 2 heterocycles. The van der Waals surface area contributed by atoms with Crippen molar-refractivity contribution in [3.05, 3.63) is 48.7 Å². The van der Waals surface area contributed by atoms with E-state index in [1.54, 1.807) is 30.2 Å². The molecule has 0 aliphatic carbocycles. The maximum Gasteiger partial charge on any atom is 0.278 e. The largest absolute Gasteiger partial charge is 0.382 e. The van der Waals surface area contributed by atoms with Gasteiger partial charge in [-0.1, -0.05) is 0 Å². The van der Waals surface area contributed by atoms with Gasteiger partial charge in [-0.25, -0.2) is 15.0 Å². The number of benzene rings is 1. The van der Waals surface area contributed by atoms with Crippen molar-refractivity contribution in [3.63, 3.8) is 0 Å². The second-order valence-corrected chi connectivity index (χ2v) is 4.56. The van der Waals surface area contributed by atoms with Gasteiger partial charge in [-0.05, 0) is 24.3 Å². The van der Waals surface area contributed by atoms with Crippen LogP contribution in [0, 0.1) is 0 Å². The lowest BCUT2D eigenvalue weighted by atomic mass is 10.2. The van der Waals surface area contributed by atoms with Gasteiger partial charge in [0.15, 0.2) is 17.3 Å². The van der Waals surface area contributed by atoms with Crippen molar-refractivity contribution in [1.82, 2.24) is 24.7 Å². The zero-order chi connectivity index (χ0) is 15.5. The lowest BCUT2D eigenvalue weighted by Crippen LogP contribution is -2.16. The lowest BCUT2D eigenvalue weighted by molar-refractivity contribution is 0.102. The number of aromatic nitrogens is 5. The number of nitrogens with zero attached hydrogens (tertiary/aromatic N) is 5. The Balaban J connectivity index is 1.76. The number of aryl methyl sites for hydroxylation is 1. The summed E-state index contributed by atoms with van der Waals surface area (Å²) in [6.07, 6.45) is 4.48. The topological polar surface area (TPSA) is 112 Å².